The van der Waals surface area contributed by atoms with Gasteiger partial charge in [-0.2, -0.15) is 0 Å². The van der Waals surface area contributed by atoms with E-state index in [9.17, 15) is 8.42 Å². The summed E-state index contributed by atoms with van der Waals surface area (Å²) >= 11 is 0. The average Bonchev–Trinajstić information content (AvgIpc) is 2.03. The summed E-state index contributed by atoms with van der Waals surface area (Å²) in [5.74, 6) is -0.241. The third kappa shape index (κ3) is 3.74. The van der Waals surface area contributed by atoms with Crippen molar-refractivity contribution in [1.29, 1.82) is 0 Å². The van der Waals surface area contributed by atoms with Crippen LogP contribution >= 0.6 is 10.7 Å². The zero-order valence-electron chi connectivity index (χ0n) is 7.14. The van der Waals surface area contributed by atoms with E-state index in [4.69, 9.17) is 10.7 Å². The fraction of sp³-hybridized carbons (Fsp3) is 0.375. The van der Waals surface area contributed by atoms with Crippen molar-refractivity contribution >= 4 is 19.7 Å². The third-order valence-electron chi connectivity index (χ3n) is 1.64. The highest BCUT2D eigenvalue weighted by molar-refractivity contribution is 8.13. The van der Waals surface area contributed by atoms with Crippen molar-refractivity contribution in [2.75, 3.05) is 5.75 Å². The van der Waals surface area contributed by atoms with E-state index in [-0.39, 0.29) is 11.7 Å². The van der Waals surface area contributed by atoms with E-state index in [1.54, 1.807) is 25.3 Å². The lowest BCUT2D eigenvalue weighted by Gasteiger charge is -2.07. The van der Waals surface area contributed by atoms with Crippen molar-refractivity contribution in [1.82, 2.24) is 4.98 Å². The van der Waals surface area contributed by atoms with Gasteiger partial charge in [-0.15, -0.1) is 0 Å². The normalized spacial score (nSPS) is 14.0. The minimum absolute atomic E-state index is 0.0778. The summed E-state index contributed by atoms with van der Waals surface area (Å²) in [4.78, 5) is 4.04. The van der Waals surface area contributed by atoms with Crippen molar-refractivity contribution in [2.24, 2.45) is 0 Å². The van der Waals surface area contributed by atoms with Gasteiger partial charge in [0.25, 0.3) is 0 Å². The van der Waals surface area contributed by atoms with E-state index < -0.39 is 9.05 Å². The van der Waals surface area contributed by atoms with Crippen LogP contribution < -0.4 is 0 Å². The number of hydrogen-bond donors (Lipinski definition) is 0. The molecule has 0 radical (unpaired) electrons. The zero-order chi connectivity index (χ0) is 9.90. The Hall–Kier alpha value is -0.610. The van der Waals surface area contributed by atoms with Crippen molar-refractivity contribution in [3.8, 4) is 0 Å². The van der Waals surface area contributed by atoms with Gasteiger partial charge in [0.2, 0.25) is 9.05 Å². The first kappa shape index (κ1) is 10.5. The fourth-order valence-corrected chi connectivity index (χ4v) is 2.39. The molecule has 1 heterocycles. The molecule has 1 unspecified atom stereocenters. The quantitative estimate of drug-likeness (QED) is 0.728. The van der Waals surface area contributed by atoms with Gasteiger partial charge in [0, 0.05) is 28.5 Å². The molecule has 1 atom stereocenters. The molecule has 1 aromatic heterocycles. The zero-order valence-corrected chi connectivity index (χ0v) is 8.72. The Labute approximate surface area is 82.2 Å². The minimum Gasteiger partial charge on any atom is -0.261 e. The van der Waals surface area contributed by atoms with Gasteiger partial charge in [-0.05, 0) is 12.1 Å². The van der Waals surface area contributed by atoms with Crippen LogP contribution in [0, 0.1) is 0 Å². The number of rotatable bonds is 3. The van der Waals surface area contributed by atoms with Gasteiger partial charge in [-0.3, -0.25) is 4.98 Å². The van der Waals surface area contributed by atoms with E-state index in [2.05, 4.69) is 4.98 Å². The molecule has 0 aliphatic carbocycles. The van der Waals surface area contributed by atoms with Crippen LogP contribution in [0.1, 0.15) is 18.5 Å². The Balaban J connectivity index is 2.76. The molecular formula is C8H10ClNO2S. The lowest BCUT2D eigenvalue weighted by Crippen LogP contribution is -2.07. The largest absolute Gasteiger partial charge is 0.261 e. The van der Waals surface area contributed by atoms with E-state index in [0.29, 0.717) is 0 Å². The van der Waals surface area contributed by atoms with E-state index >= 15 is 0 Å². The van der Waals surface area contributed by atoms with Crippen LogP contribution in [-0.2, 0) is 9.05 Å². The highest BCUT2D eigenvalue weighted by Gasteiger charge is 2.14. The Bertz CT molecular complexity index is 363. The second kappa shape index (κ2) is 4.07. The number of halogens is 1. The summed E-state index contributed by atoms with van der Waals surface area (Å²) in [5, 5.41) is 0. The molecular weight excluding hydrogens is 210 g/mol. The molecule has 0 saturated heterocycles. The molecule has 0 bridgehead atoms. The van der Waals surface area contributed by atoms with Gasteiger partial charge in [0.05, 0.1) is 5.75 Å². The van der Waals surface area contributed by atoms with Crippen molar-refractivity contribution in [2.45, 2.75) is 12.8 Å². The van der Waals surface area contributed by atoms with Crippen LogP contribution in [0.15, 0.2) is 24.4 Å². The number of hydrogen-bond acceptors (Lipinski definition) is 3. The first-order chi connectivity index (χ1) is 5.99. The van der Waals surface area contributed by atoms with E-state index in [1.807, 2.05) is 6.07 Å². The van der Waals surface area contributed by atoms with Crippen molar-refractivity contribution in [3.05, 3.63) is 30.1 Å². The van der Waals surface area contributed by atoms with Crippen LogP contribution in [0.3, 0.4) is 0 Å². The highest BCUT2D eigenvalue weighted by Crippen LogP contribution is 2.15. The molecule has 0 aliphatic rings. The Kier molecular flexibility index (Phi) is 3.27. The molecule has 0 aromatic carbocycles. The Morgan fingerprint density at radius 3 is 2.69 bits per heavy atom. The topological polar surface area (TPSA) is 47.0 Å². The molecule has 0 aliphatic heterocycles. The summed E-state index contributed by atoms with van der Waals surface area (Å²) in [6.07, 6.45) is 1.63. The first-order valence-corrected chi connectivity index (χ1v) is 6.30. The Morgan fingerprint density at radius 1 is 1.54 bits per heavy atom. The summed E-state index contributed by atoms with van der Waals surface area (Å²) in [7, 11) is 1.68. The maximum absolute atomic E-state index is 10.8. The van der Waals surface area contributed by atoms with Gasteiger partial charge in [-0.25, -0.2) is 8.42 Å². The predicted octanol–water partition coefficient (Wildman–Crippen LogP) is 1.75. The number of pyridine rings is 1. The molecule has 3 nitrogen and oxygen atoms in total. The maximum atomic E-state index is 10.8. The van der Waals surface area contributed by atoms with Crippen LogP contribution in [0.2, 0.25) is 0 Å². The molecule has 13 heavy (non-hydrogen) atoms. The number of aromatic nitrogens is 1. The van der Waals surface area contributed by atoms with Crippen molar-refractivity contribution < 1.29 is 8.42 Å². The lowest BCUT2D eigenvalue weighted by molar-refractivity contribution is 0.603. The second-order valence-electron chi connectivity index (χ2n) is 2.86. The SMILES string of the molecule is CC(CS(=O)(=O)Cl)c1ccccn1. The number of nitrogens with zero attached hydrogens (tertiary/aromatic N) is 1. The average molecular weight is 220 g/mol. The van der Waals surface area contributed by atoms with Crippen molar-refractivity contribution in [3.63, 3.8) is 0 Å². The molecule has 0 spiro atoms. The smallest absolute Gasteiger partial charge is 0.233 e. The van der Waals surface area contributed by atoms with Crippen LogP contribution in [0.4, 0.5) is 0 Å². The molecule has 72 valence electrons. The van der Waals surface area contributed by atoms with Crippen LogP contribution in [-0.4, -0.2) is 19.2 Å². The summed E-state index contributed by atoms with van der Waals surface area (Å²) in [6.45, 7) is 1.78. The van der Waals surface area contributed by atoms with Crippen LogP contribution in [0.25, 0.3) is 0 Å². The van der Waals surface area contributed by atoms with Gasteiger partial charge in [-0.1, -0.05) is 13.0 Å². The molecule has 1 rings (SSSR count). The molecule has 0 fully saturated rings. The second-order valence-corrected chi connectivity index (χ2v) is 5.68. The maximum Gasteiger partial charge on any atom is 0.233 e. The van der Waals surface area contributed by atoms with E-state index in [1.165, 1.54) is 0 Å². The van der Waals surface area contributed by atoms with Gasteiger partial charge < -0.3 is 0 Å². The first-order valence-electron chi connectivity index (χ1n) is 3.82. The van der Waals surface area contributed by atoms with Gasteiger partial charge >= 0.3 is 0 Å². The predicted molar refractivity (Wildman–Crippen MR) is 52.3 cm³/mol. The summed E-state index contributed by atoms with van der Waals surface area (Å²) in [5.41, 5.74) is 0.742. The minimum atomic E-state index is -3.44. The molecule has 0 N–H and O–H groups in total. The molecule has 5 heteroatoms. The molecule has 1 aromatic rings. The molecule has 0 amide bonds. The van der Waals surface area contributed by atoms with Gasteiger partial charge in [0.15, 0.2) is 0 Å². The fourth-order valence-electron chi connectivity index (χ4n) is 1.05. The standard InChI is InChI=1S/C8H10ClNO2S/c1-7(6-13(9,11)12)8-4-2-3-5-10-8/h2-5,7H,6H2,1H3. The Morgan fingerprint density at radius 2 is 2.23 bits per heavy atom. The molecule has 0 saturated carbocycles. The van der Waals surface area contributed by atoms with E-state index in [0.717, 1.165) is 5.69 Å². The van der Waals surface area contributed by atoms with Gasteiger partial charge in [0.1, 0.15) is 0 Å². The summed E-state index contributed by atoms with van der Waals surface area (Å²) in [6, 6.07) is 5.39. The lowest BCUT2D eigenvalue weighted by atomic mass is 10.1. The van der Waals surface area contributed by atoms with Crippen LogP contribution in [0.5, 0.6) is 0 Å². The summed E-state index contributed by atoms with van der Waals surface area (Å²) < 4.78 is 21.5. The highest BCUT2D eigenvalue weighted by atomic mass is 35.7. The monoisotopic (exact) mass is 219 g/mol. The third-order valence-corrected chi connectivity index (χ3v) is 2.92.